The van der Waals surface area contributed by atoms with Gasteiger partial charge in [-0.15, -0.1) is 36.2 Å². The number of likely N-dealkylation sites (tertiary alicyclic amines) is 1. The number of ether oxygens (including phenoxy) is 2. The number of aromatic nitrogens is 1. The van der Waals surface area contributed by atoms with Crippen LogP contribution in [0, 0.1) is 5.41 Å². The monoisotopic (exact) mass is 419 g/mol. The third-order valence-corrected chi connectivity index (χ3v) is 5.63. The summed E-state index contributed by atoms with van der Waals surface area (Å²) in [6.07, 6.45) is 1.16. The third kappa shape index (κ3) is 5.02. The van der Waals surface area contributed by atoms with Crippen molar-refractivity contribution in [2.75, 3.05) is 33.9 Å². The minimum atomic E-state index is 0. The maximum Gasteiger partial charge on any atom is 0.132 e. The number of hydrogen-bond donors (Lipinski definition) is 1. The van der Waals surface area contributed by atoms with Gasteiger partial charge in [0.25, 0.3) is 0 Å². The van der Waals surface area contributed by atoms with Gasteiger partial charge in [-0.1, -0.05) is 6.92 Å². The number of hydrogen-bond acceptors (Lipinski definition) is 6. The fourth-order valence-corrected chi connectivity index (χ4v) is 3.98. The number of nitrogens with two attached hydrogens (primary N) is 1. The molecule has 0 spiro atoms. The first-order chi connectivity index (χ1) is 11.6. The van der Waals surface area contributed by atoms with Gasteiger partial charge >= 0.3 is 0 Å². The normalized spacial score (nSPS) is 19.5. The van der Waals surface area contributed by atoms with Crippen LogP contribution in [0.3, 0.4) is 0 Å². The van der Waals surface area contributed by atoms with Crippen molar-refractivity contribution in [1.82, 2.24) is 9.88 Å². The van der Waals surface area contributed by atoms with Crippen LogP contribution in [0.1, 0.15) is 19.0 Å². The topological polar surface area (TPSA) is 60.6 Å². The summed E-state index contributed by atoms with van der Waals surface area (Å²) in [6.45, 7) is 6.02. The van der Waals surface area contributed by atoms with Crippen molar-refractivity contribution < 1.29 is 9.47 Å². The Morgan fingerprint density at radius 2 is 2.04 bits per heavy atom. The van der Waals surface area contributed by atoms with Crippen molar-refractivity contribution in [1.29, 1.82) is 0 Å². The molecule has 0 amide bonds. The van der Waals surface area contributed by atoms with Crippen molar-refractivity contribution in [3.8, 4) is 22.1 Å². The van der Waals surface area contributed by atoms with E-state index in [4.69, 9.17) is 20.2 Å². The molecule has 2 N–H and O–H groups in total. The van der Waals surface area contributed by atoms with Crippen LogP contribution in [0.15, 0.2) is 23.6 Å². The average molecular weight is 420 g/mol. The lowest BCUT2D eigenvalue weighted by atomic mass is 9.90. The summed E-state index contributed by atoms with van der Waals surface area (Å²) in [6, 6.07) is 5.83. The molecular weight excluding hydrogens is 393 g/mol. The van der Waals surface area contributed by atoms with Crippen LogP contribution in [0.4, 0.5) is 0 Å². The molecule has 1 aliphatic rings. The van der Waals surface area contributed by atoms with Gasteiger partial charge < -0.3 is 15.2 Å². The predicted octanol–water partition coefficient (Wildman–Crippen LogP) is 3.84. The van der Waals surface area contributed by atoms with Gasteiger partial charge in [0.1, 0.15) is 16.5 Å². The summed E-state index contributed by atoms with van der Waals surface area (Å²) in [4.78, 5) is 7.25. The Hall–Kier alpha value is -1.05. The second-order valence-electron chi connectivity index (χ2n) is 6.69. The average Bonchev–Trinajstić information content (AvgIpc) is 3.22. The summed E-state index contributed by atoms with van der Waals surface area (Å²) in [5.74, 6) is 1.57. The van der Waals surface area contributed by atoms with Gasteiger partial charge in [-0.3, -0.25) is 4.90 Å². The summed E-state index contributed by atoms with van der Waals surface area (Å²) in [5, 5.41) is 3.11. The lowest BCUT2D eigenvalue weighted by Gasteiger charge is -2.22. The van der Waals surface area contributed by atoms with E-state index in [1.54, 1.807) is 25.6 Å². The zero-order valence-corrected chi connectivity index (χ0v) is 17.8. The molecule has 5 nitrogen and oxygen atoms in total. The van der Waals surface area contributed by atoms with Gasteiger partial charge in [0, 0.05) is 24.5 Å². The first-order valence-electron chi connectivity index (χ1n) is 8.16. The predicted molar refractivity (Wildman–Crippen MR) is 112 cm³/mol. The summed E-state index contributed by atoms with van der Waals surface area (Å²) in [7, 11) is 3.33. The molecule has 0 radical (unpaired) electrons. The van der Waals surface area contributed by atoms with Gasteiger partial charge in [0.15, 0.2) is 0 Å². The Kier molecular flexibility index (Phi) is 8.63. The molecule has 3 rings (SSSR count). The minimum Gasteiger partial charge on any atom is -0.497 e. The van der Waals surface area contributed by atoms with Gasteiger partial charge in [-0.05, 0) is 37.1 Å². The van der Waals surface area contributed by atoms with E-state index in [1.807, 2.05) is 18.2 Å². The van der Waals surface area contributed by atoms with Crippen LogP contribution in [-0.4, -0.2) is 43.7 Å². The molecule has 2 heterocycles. The number of nitrogens with zero attached hydrogens (tertiary/aromatic N) is 2. The molecule has 8 heteroatoms. The van der Waals surface area contributed by atoms with E-state index in [2.05, 4.69) is 17.2 Å². The van der Waals surface area contributed by atoms with Crippen LogP contribution in [-0.2, 0) is 6.54 Å². The standard InChI is InChI=1S/C18H25N3O2S.2ClH/c1-18(11-19)6-7-21(12-18)9-13-10-24-17(20-13)15-5-4-14(22-2)8-16(15)23-3;;/h4-5,8,10H,6-7,9,11-12,19H2,1-3H3;2*1H. The molecule has 1 saturated heterocycles. The highest BCUT2D eigenvalue weighted by molar-refractivity contribution is 7.13. The molecular formula is C18H27Cl2N3O2S. The summed E-state index contributed by atoms with van der Waals surface area (Å²) < 4.78 is 10.7. The van der Waals surface area contributed by atoms with E-state index in [0.29, 0.717) is 0 Å². The fourth-order valence-electron chi connectivity index (χ4n) is 3.14. The van der Waals surface area contributed by atoms with Crippen molar-refractivity contribution >= 4 is 36.2 Å². The highest BCUT2D eigenvalue weighted by Gasteiger charge is 2.32. The Morgan fingerprint density at radius 3 is 2.65 bits per heavy atom. The summed E-state index contributed by atoms with van der Waals surface area (Å²) in [5.41, 5.74) is 8.25. The number of rotatable bonds is 6. The molecule has 1 unspecified atom stereocenters. The quantitative estimate of drug-likeness (QED) is 0.770. The minimum absolute atomic E-state index is 0. The van der Waals surface area contributed by atoms with Crippen LogP contribution in [0.5, 0.6) is 11.5 Å². The van der Waals surface area contributed by atoms with Crippen molar-refractivity contribution in [2.24, 2.45) is 11.1 Å². The molecule has 1 aromatic heterocycles. The highest BCUT2D eigenvalue weighted by Crippen LogP contribution is 2.36. The first kappa shape index (κ1) is 23.0. The molecule has 0 aliphatic carbocycles. The number of halogens is 2. The van der Waals surface area contributed by atoms with E-state index >= 15 is 0 Å². The van der Waals surface area contributed by atoms with E-state index in [0.717, 1.165) is 60.4 Å². The van der Waals surface area contributed by atoms with Gasteiger partial charge in [-0.2, -0.15) is 0 Å². The maximum atomic E-state index is 5.90. The Balaban J connectivity index is 0.00000169. The van der Waals surface area contributed by atoms with Gasteiger partial charge in [-0.25, -0.2) is 4.98 Å². The lowest BCUT2D eigenvalue weighted by molar-refractivity contribution is 0.272. The van der Waals surface area contributed by atoms with Gasteiger partial charge in [0.2, 0.25) is 0 Å². The molecule has 0 bridgehead atoms. The van der Waals surface area contributed by atoms with Crippen molar-refractivity contribution in [3.63, 3.8) is 0 Å². The summed E-state index contributed by atoms with van der Waals surface area (Å²) >= 11 is 1.65. The van der Waals surface area contributed by atoms with Crippen LogP contribution in [0.2, 0.25) is 0 Å². The van der Waals surface area contributed by atoms with Crippen LogP contribution in [0.25, 0.3) is 10.6 Å². The van der Waals surface area contributed by atoms with E-state index in [9.17, 15) is 0 Å². The van der Waals surface area contributed by atoms with E-state index in [1.165, 1.54) is 0 Å². The Bertz CT molecular complexity index is 713. The molecule has 1 aliphatic heterocycles. The zero-order valence-electron chi connectivity index (χ0n) is 15.4. The highest BCUT2D eigenvalue weighted by atomic mass is 35.5. The van der Waals surface area contributed by atoms with Crippen molar-refractivity contribution in [3.05, 3.63) is 29.3 Å². The van der Waals surface area contributed by atoms with Crippen LogP contribution < -0.4 is 15.2 Å². The van der Waals surface area contributed by atoms with Crippen molar-refractivity contribution in [2.45, 2.75) is 19.9 Å². The second-order valence-corrected chi connectivity index (χ2v) is 7.54. The first-order valence-corrected chi connectivity index (χ1v) is 9.04. The Morgan fingerprint density at radius 1 is 1.27 bits per heavy atom. The fraction of sp³-hybridized carbons (Fsp3) is 0.500. The molecule has 2 aromatic rings. The molecule has 1 fully saturated rings. The zero-order chi connectivity index (χ0) is 17.2. The SMILES string of the molecule is COc1ccc(-c2nc(CN3CCC(C)(CN)C3)cs2)c(OC)c1.Cl.Cl. The maximum absolute atomic E-state index is 5.90. The molecule has 26 heavy (non-hydrogen) atoms. The largest absolute Gasteiger partial charge is 0.497 e. The molecule has 1 aromatic carbocycles. The Labute approximate surface area is 171 Å². The second kappa shape index (κ2) is 9.76. The van der Waals surface area contributed by atoms with Gasteiger partial charge in [0.05, 0.1) is 25.5 Å². The lowest BCUT2D eigenvalue weighted by Crippen LogP contribution is -2.31. The smallest absolute Gasteiger partial charge is 0.132 e. The van der Waals surface area contributed by atoms with E-state index < -0.39 is 0 Å². The van der Waals surface area contributed by atoms with E-state index in [-0.39, 0.29) is 30.2 Å². The molecule has 146 valence electrons. The number of benzene rings is 1. The van der Waals surface area contributed by atoms with Crippen LogP contribution >= 0.6 is 36.2 Å². The molecule has 0 saturated carbocycles. The number of thiazole rings is 1. The third-order valence-electron chi connectivity index (χ3n) is 4.71. The number of methoxy groups -OCH3 is 2. The molecule has 1 atom stereocenters.